The standard InChI is InChI=1S/C4H4ClNO2.O.Sn/c5-6-3(7)1-2-4(6)8;;/h1-2H2;;. The molecule has 4 nitrogen and oxygen atoms in total. The molecule has 0 atom stereocenters. The van der Waals surface area contributed by atoms with Crippen LogP contribution >= 0.6 is 11.8 Å². The molecule has 6 heteroatoms. The Balaban J connectivity index is 0.000000371. The number of rotatable bonds is 0. The van der Waals surface area contributed by atoms with Crippen molar-refractivity contribution in [1.29, 1.82) is 0 Å². The van der Waals surface area contributed by atoms with Gasteiger partial charge in [-0.1, -0.05) is 0 Å². The van der Waals surface area contributed by atoms with Crippen molar-refractivity contribution in [3.05, 3.63) is 0 Å². The fourth-order valence-electron chi connectivity index (χ4n) is 0.549. The van der Waals surface area contributed by atoms with E-state index in [1.165, 1.54) is 0 Å². The van der Waals surface area contributed by atoms with E-state index in [4.69, 9.17) is 14.9 Å². The van der Waals surface area contributed by atoms with Gasteiger partial charge in [0.1, 0.15) is 0 Å². The number of hydrogen-bond donors (Lipinski definition) is 0. The number of carbonyl (C=O) groups excluding carboxylic acids is 2. The molecule has 0 bridgehead atoms. The van der Waals surface area contributed by atoms with Crippen LogP contribution in [0.2, 0.25) is 0 Å². The van der Waals surface area contributed by atoms with Gasteiger partial charge < -0.3 is 0 Å². The van der Waals surface area contributed by atoms with Crippen molar-refractivity contribution in [1.82, 2.24) is 4.42 Å². The zero-order valence-corrected chi connectivity index (χ0v) is 8.57. The van der Waals surface area contributed by atoms with Gasteiger partial charge in [0.05, 0.1) is 0 Å². The van der Waals surface area contributed by atoms with E-state index < -0.39 is 0 Å². The molecule has 0 aromatic rings. The van der Waals surface area contributed by atoms with Gasteiger partial charge in [0, 0.05) is 24.6 Å². The zero-order valence-electron chi connectivity index (χ0n) is 4.96. The van der Waals surface area contributed by atoms with Crippen molar-refractivity contribution < 1.29 is 12.7 Å². The summed E-state index contributed by atoms with van der Waals surface area (Å²) in [5.74, 6) is -0.590. The molecule has 0 N–H and O–H groups in total. The Labute approximate surface area is 76.1 Å². The summed E-state index contributed by atoms with van der Waals surface area (Å²) in [6.07, 6.45) is 0.532. The van der Waals surface area contributed by atoms with Gasteiger partial charge in [0.2, 0.25) is 11.8 Å². The average Bonchev–Trinajstić information content (AvgIpc) is 2.25. The Hall–Kier alpha value is 0.0287. The van der Waals surface area contributed by atoms with Crippen LogP contribution in [0.1, 0.15) is 12.8 Å². The van der Waals surface area contributed by atoms with Gasteiger partial charge in [-0.3, -0.25) is 9.59 Å². The maximum absolute atomic E-state index is 10.4. The number of halogens is 1. The molecule has 54 valence electrons. The van der Waals surface area contributed by atoms with E-state index in [9.17, 15) is 9.59 Å². The number of imide groups is 1. The van der Waals surface area contributed by atoms with Crippen LogP contribution in [-0.2, 0) is 12.7 Å². The van der Waals surface area contributed by atoms with Gasteiger partial charge in [0.15, 0.2) is 0 Å². The zero-order chi connectivity index (χ0) is 8.15. The number of nitrogens with zero attached hydrogens (tertiary/aromatic N) is 1. The van der Waals surface area contributed by atoms with Crippen LogP contribution in [-0.4, -0.2) is 38.7 Å². The van der Waals surface area contributed by atoms with Gasteiger partial charge in [-0.05, 0) is 0 Å². The Morgan fingerprint density at radius 2 is 1.50 bits per heavy atom. The molecule has 0 saturated carbocycles. The second-order valence-electron chi connectivity index (χ2n) is 1.57. The van der Waals surface area contributed by atoms with E-state index in [1.54, 1.807) is 0 Å². The molecule has 1 rings (SSSR count). The summed E-state index contributed by atoms with van der Waals surface area (Å²) >= 11 is 5.45. The van der Waals surface area contributed by atoms with Gasteiger partial charge >= 0.3 is 25.6 Å². The van der Waals surface area contributed by atoms with Crippen LogP contribution < -0.4 is 0 Å². The Kier molecular flexibility index (Phi) is 4.80. The van der Waals surface area contributed by atoms with Crippen molar-refractivity contribution in [3.63, 3.8) is 0 Å². The van der Waals surface area contributed by atoms with Crippen LogP contribution in [0.5, 0.6) is 0 Å². The maximum atomic E-state index is 10.4. The average molecular weight is 268 g/mol. The first-order valence-electron chi connectivity index (χ1n) is 2.44. The van der Waals surface area contributed by atoms with Crippen LogP contribution in [0.4, 0.5) is 0 Å². The molecule has 1 heterocycles. The molecule has 10 heavy (non-hydrogen) atoms. The Morgan fingerprint density at radius 1 is 1.20 bits per heavy atom. The Morgan fingerprint density at radius 3 is 1.60 bits per heavy atom. The first kappa shape index (κ1) is 10.0. The summed E-state index contributed by atoms with van der Waals surface area (Å²) < 4.78 is 8.98. The molecule has 1 saturated heterocycles. The molecule has 0 aromatic heterocycles. The second kappa shape index (κ2) is 4.78. The van der Waals surface area contributed by atoms with E-state index in [-0.39, 0.29) is 24.7 Å². The number of amides is 2. The van der Waals surface area contributed by atoms with Crippen molar-refractivity contribution in [2.45, 2.75) is 12.8 Å². The van der Waals surface area contributed by atoms with E-state index in [0.29, 0.717) is 26.9 Å². The number of hydrogen-bond acceptors (Lipinski definition) is 3. The minimum atomic E-state index is -0.295. The van der Waals surface area contributed by atoms with Crippen molar-refractivity contribution in [3.8, 4) is 0 Å². The van der Waals surface area contributed by atoms with Crippen LogP contribution in [0.15, 0.2) is 0 Å². The van der Waals surface area contributed by atoms with Gasteiger partial charge in [-0.25, -0.2) is 0 Å². The predicted molar refractivity (Wildman–Crippen MR) is 33.4 cm³/mol. The molecule has 0 spiro atoms. The van der Waals surface area contributed by atoms with Crippen LogP contribution in [0.25, 0.3) is 0 Å². The van der Waals surface area contributed by atoms with Gasteiger partial charge in [0.25, 0.3) is 0 Å². The SMILES string of the molecule is O=C1CCC(=O)N1Cl.[O]=[Sn]. The summed E-state index contributed by atoms with van der Waals surface area (Å²) in [6, 6.07) is 0. The topological polar surface area (TPSA) is 54.5 Å². The third kappa shape index (κ3) is 2.34. The molecule has 2 amide bonds. The predicted octanol–water partition coefficient (Wildman–Crippen LogP) is -0.210. The molecule has 0 aliphatic carbocycles. The van der Waals surface area contributed by atoms with Crippen molar-refractivity contribution >= 4 is 46.1 Å². The van der Waals surface area contributed by atoms with Crippen molar-refractivity contribution in [2.75, 3.05) is 0 Å². The first-order valence-corrected chi connectivity index (χ1v) is 3.94. The normalized spacial score (nSPS) is 16.7. The number of carbonyl (C=O) groups is 2. The summed E-state index contributed by atoms with van der Waals surface area (Å²) in [7, 11) is 0. The molecule has 0 unspecified atom stereocenters. The van der Waals surface area contributed by atoms with E-state index in [0.717, 1.165) is 0 Å². The van der Waals surface area contributed by atoms with E-state index >= 15 is 0 Å². The molecule has 1 fully saturated rings. The fourth-order valence-corrected chi connectivity index (χ4v) is 0.718. The quantitative estimate of drug-likeness (QED) is 0.347. The molecule has 1 aliphatic rings. The van der Waals surface area contributed by atoms with Gasteiger partial charge in [-0.15, -0.1) is 0 Å². The summed E-state index contributed by atoms with van der Waals surface area (Å²) in [4.78, 5) is 20.7. The minimum absolute atomic E-state index is 0.266. The van der Waals surface area contributed by atoms with E-state index in [1.807, 2.05) is 0 Å². The third-order valence-corrected chi connectivity index (χ3v) is 1.37. The van der Waals surface area contributed by atoms with Crippen LogP contribution in [0, 0.1) is 0 Å². The molecular weight excluding hydrogens is 264 g/mol. The monoisotopic (exact) mass is 269 g/mol. The van der Waals surface area contributed by atoms with Crippen LogP contribution in [0.3, 0.4) is 0 Å². The molecule has 0 aromatic carbocycles. The van der Waals surface area contributed by atoms with Crippen molar-refractivity contribution in [2.24, 2.45) is 0 Å². The Bertz CT molecular complexity index is 147. The molecule has 1 aliphatic heterocycles. The summed E-state index contributed by atoms with van der Waals surface area (Å²) in [5.41, 5.74) is 0. The molecular formula is C4H4ClNO3Sn. The first-order chi connectivity index (χ1) is 4.72. The van der Waals surface area contributed by atoms with Gasteiger partial charge in [-0.2, -0.15) is 4.42 Å². The second-order valence-corrected chi connectivity index (χ2v) is 1.91. The molecule has 2 radical (unpaired) electrons. The fraction of sp³-hybridized carbons (Fsp3) is 0.500. The summed E-state index contributed by atoms with van der Waals surface area (Å²) in [6.45, 7) is 0. The third-order valence-electron chi connectivity index (χ3n) is 0.991. The van der Waals surface area contributed by atoms with E-state index in [2.05, 4.69) is 0 Å². The summed E-state index contributed by atoms with van der Waals surface area (Å²) in [5, 5.41) is 0.